The second kappa shape index (κ2) is 6.66. The molecule has 0 aliphatic heterocycles. The number of nitrogens with one attached hydrogen (secondary N) is 1. The molecule has 0 unspecified atom stereocenters. The summed E-state index contributed by atoms with van der Waals surface area (Å²) < 4.78 is 25.0. The molecule has 8 heteroatoms. The van der Waals surface area contributed by atoms with Crippen molar-refractivity contribution in [3.8, 4) is 0 Å². The second-order valence-electron chi connectivity index (χ2n) is 7.38. The number of pyridine rings is 1. The summed E-state index contributed by atoms with van der Waals surface area (Å²) in [4.78, 5) is 12.1. The molecule has 3 aromatic rings. The van der Waals surface area contributed by atoms with Crippen LogP contribution in [0, 0.1) is 5.92 Å². The summed E-state index contributed by atoms with van der Waals surface area (Å²) in [6.07, 6.45) is 9.63. The van der Waals surface area contributed by atoms with Gasteiger partial charge in [0.15, 0.2) is 0 Å². The average Bonchev–Trinajstić information content (AvgIpc) is 3.23. The lowest BCUT2D eigenvalue weighted by atomic mass is 9.84. The fraction of sp³-hybridized carbons (Fsp3) is 0.556. The van der Waals surface area contributed by atoms with E-state index in [-0.39, 0.29) is 18.4 Å². The number of H-pyrrole nitrogens is 1. The van der Waals surface area contributed by atoms with E-state index >= 15 is 0 Å². The van der Waals surface area contributed by atoms with E-state index in [2.05, 4.69) is 19.5 Å². The molecule has 0 amide bonds. The molecule has 0 atom stereocenters. The molecule has 140 valence electrons. The van der Waals surface area contributed by atoms with Gasteiger partial charge in [0.25, 0.3) is 0 Å². The van der Waals surface area contributed by atoms with Crippen molar-refractivity contribution in [1.29, 1.82) is 0 Å². The summed E-state index contributed by atoms with van der Waals surface area (Å²) >= 11 is 0. The lowest BCUT2D eigenvalue weighted by Gasteiger charge is -2.30. The third-order valence-electron chi connectivity index (χ3n) is 5.53. The van der Waals surface area contributed by atoms with Crippen LogP contribution < -0.4 is 0 Å². The van der Waals surface area contributed by atoms with Gasteiger partial charge in [-0.25, -0.2) is 18.4 Å². The quantitative estimate of drug-likeness (QED) is 0.713. The minimum Gasteiger partial charge on any atom is -0.388 e. The summed E-state index contributed by atoms with van der Waals surface area (Å²) in [6, 6.07) is 2.28. The average molecular weight is 376 g/mol. The van der Waals surface area contributed by atoms with Crippen molar-refractivity contribution in [2.75, 3.05) is 12.0 Å². The third-order valence-corrected chi connectivity index (χ3v) is 6.50. The Bertz CT molecular complexity index is 1030. The largest absolute Gasteiger partial charge is 0.388 e. The molecule has 1 aliphatic rings. The zero-order chi connectivity index (χ0) is 18.3. The Hall–Kier alpha value is -1.93. The van der Waals surface area contributed by atoms with Crippen LogP contribution in [-0.2, 0) is 16.4 Å². The van der Waals surface area contributed by atoms with Gasteiger partial charge in [0.2, 0.25) is 0 Å². The number of aliphatic hydroxyl groups is 1. The zero-order valence-corrected chi connectivity index (χ0v) is 15.7. The van der Waals surface area contributed by atoms with E-state index in [1.807, 2.05) is 12.3 Å². The predicted molar refractivity (Wildman–Crippen MR) is 101 cm³/mol. The van der Waals surface area contributed by atoms with Gasteiger partial charge in [0.05, 0.1) is 17.5 Å². The zero-order valence-electron chi connectivity index (χ0n) is 14.9. The van der Waals surface area contributed by atoms with Gasteiger partial charge in [-0.1, -0.05) is 0 Å². The molecule has 1 saturated carbocycles. The molecule has 3 aromatic heterocycles. The number of aromatic nitrogens is 4. The molecule has 1 fully saturated rings. The number of aliphatic hydroxyl groups excluding tert-OH is 1. The van der Waals surface area contributed by atoms with E-state index in [4.69, 9.17) is 0 Å². The Morgan fingerprint density at radius 1 is 1.31 bits per heavy atom. The maximum Gasteiger partial charge on any atom is 0.147 e. The van der Waals surface area contributed by atoms with Crippen LogP contribution in [0.5, 0.6) is 0 Å². The lowest BCUT2D eigenvalue weighted by molar-refractivity contribution is 0.236. The van der Waals surface area contributed by atoms with Crippen LogP contribution in [0.4, 0.5) is 0 Å². The van der Waals surface area contributed by atoms with Crippen LogP contribution in [0.1, 0.15) is 44.0 Å². The minimum atomic E-state index is -2.90. The van der Waals surface area contributed by atoms with Crippen molar-refractivity contribution in [1.82, 2.24) is 19.5 Å². The molecule has 0 radical (unpaired) electrons. The second-order valence-corrected chi connectivity index (χ2v) is 9.64. The number of fused-ring (bicyclic) bond motifs is 3. The first kappa shape index (κ1) is 17.5. The van der Waals surface area contributed by atoms with Gasteiger partial charge in [0, 0.05) is 23.9 Å². The Morgan fingerprint density at radius 3 is 2.77 bits per heavy atom. The van der Waals surface area contributed by atoms with Crippen molar-refractivity contribution in [3.05, 3.63) is 24.3 Å². The fourth-order valence-electron chi connectivity index (χ4n) is 4.22. The third kappa shape index (κ3) is 3.23. The lowest BCUT2D eigenvalue weighted by Crippen LogP contribution is -2.21. The first-order valence-electron chi connectivity index (χ1n) is 9.08. The van der Waals surface area contributed by atoms with Crippen LogP contribution >= 0.6 is 0 Å². The molecule has 3 heterocycles. The van der Waals surface area contributed by atoms with Gasteiger partial charge in [-0.05, 0) is 44.1 Å². The van der Waals surface area contributed by atoms with E-state index in [0.29, 0.717) is 11.7 Å². The molecule has 4 rings (SSSR count). The number of hydrogen-bond acceptors (Lipinski definition) is 5. The maximum atomic E-state index is 11.4. The summed E-state index contributed by atoms with van der Waals surface area (Å²) in [5.41, 5.74) is 2.66. The SMILES string of the molecule is CS(=O)(=O)CCC1CCC(n2c(CO)nc3cnc4[nH]ccc4c32)CC1. The molecule has 26 heavy (non-hydrogen) atoms. The van der Waals surface area contributed by atoms with E-state index in [9.17, 15) is 13.5 Å². The highest BCUT2D eigenvalue weighted by atomic mass is 32.2. The minimum absolute atomic E-state index is 0.103. The van der Waals surface area contributed by atoms with Gasteiger partial charge < -0.3 is 14.7 Å². The smallest absolute Gasteiger partial charge is 0.147 e. The molecule has 1 aliphatic carbocycles. The van der Waals surface area contributed by atoms with Gasteiger partial charge >= 0.3 is 0 Å². The molecule has 2 N–H and O–H groups in total. The highest BCUT2D eigenvalue weighted by molar-refractivity contribution is 7.90. The van der Waals surface area contributed by atoms with Gasteiger partial charge in [0.1, 0.15) is 33.4 Å². The molecule has 7 nitrogen and oxygen atoms in total. The van der Waals surface area contributed by atoms with Crippen LogP contribution in [0.3, 0.4) is 0 Å². The van der Waals surface area contributed by atoms with E-state index in [1.165, 1.54) is 6.26 Å². The monoisotopic (exact) mass is 376 g/mol. The Labute approximate surface area is 152 Å². The van der Waals surface area contributed by atoms with E-state index in [0.717, 1.165) is 54.2 Å². The molecular weight excluding hydrogens is 352 g/mol. The normalized spacial score (nSPS) is 21.6. The van der Waals surface area contributed by atoms with Crippen molar-refractivity contribution in [2.45, 2.75) is 44.8 Å². The maximum absolute atomic E-state index is 11.4. The predicted octanol–water partition coefficient (Wildman–Crippen LogP) is 2.57. The number of aromatic amines is 1. The van der Waals surface area contributed by atoms with Crippen molar-refractivity contribution >= 4 is 31.9 Å². The van der Waals surface area contributed by atoms with Gasteiger partial charge in [-0.2, -0.15) is 0 Å². The summed E-state index contributed by atoms with van der Waals surface area (Å²) in [5, 5.41) is 10.8. The summed E-state index contributed by atoms with van der Waals surface area (Å²) in [7, 11) is -2.90. The number of imidazole rings is 1. The number of rotatable bonds is 5. The van der Waals surface area contributed by atoms with Crippen molar-refractivity contribution < 1.29 is 13.5 Å². The molecule has 0 spiro atoms. The van der Waals surface area contributed by atoms with Gasteiger partial charge in [-0.15, -0.1) is 0 Å². The number of hydrogen-bond donors (Lipinski definition) is 2. The van der Waals surface area contributed by atoms with Gasteiger partial charge in [-0.3, -0.25) is 0 Å². The fourth-order valence-corrected chi connectivity index (χ4v) is 4.98. The molecule has 0 bridgehead atoms. The van der Waals surface area contributed by atoms with Crippen LogP contribution in [0.2, 0.25) is 0 Å². The first-order chi connectivity index (χ1) is 12.5. The number of nitrogens with zero attached hydrogens (tertiary/aromatic N) is 3. The Balaban J connectivity index is 1.62. The highest BCUT2D eigenvalue weighted by Gasteiger charge is 2.27. The molecular formula is C18H24N4O3S. The summed E-state index contributed by atoms with van der Waals surface area (Å²) in [5.74, 6) is 1.41. The Kier molecular flexibility index (Phi) is 4.48. The Morgan fingerprint density at radius 2 is 2.08 bits per heavy atom. The van der Waals surface area contributed by atoms with Crippen molar-refractivity contribution in [3.63, 3.8) is 0 Å². The van der Waals surface area contributed by atoms with Crippen LogP contribution in [0.15, 0.2) is 18.5 Å². The number of sulfone groups is 1. The van der Waals surface area contributed by atoms with Crippen molar-refractivity contribution in [2.24, 2.45) is 5.92 Å². The van der Waals surface area contributed by atoms with Crippen LogP contribution in [0.25, 0.3) is 22.1 Å². The first-order valence-corrected chi connectivity index (χ1v) is 11.1. The van der Waals surface area contributed by atoms with E-state index < -0.39 is 9.84 Å². The standard InChI is InChI=1S/C18H24N4O3S/c1-26(24,25)9-7-12-2-4-13(5-3-12)22-16(11-23)21-15-10-20-18-14(17(15)22)6-8-19-18/h6,8,10,12-13,23H,2-5,7,9,11H2,1H3,(H,19,20). The van der Waals surface area contributed by atoms with E-state index in [1.54, 1.807) is 6.20 Å². The summed E-state index contributed by atoms with van der Waals surface area (Å²) in [6.45, 7) is -0.103. The topological polar surface area (TPSA) is 101 Å². The molecule has 0 saturated heterocycles. The van der Waals surface area contributed by atoms with Crippen LogP contribution in [-0.4, -0.2) is 45.1 Å². The molecule has 0 aromatic carbocycles. The highest BCUT2D eigenvalue weighted by Crippen LogP contribution is 2.38.